The van der Waals surface area contributed by atoms with Gasteiger partial charge in [-0.2, -0.15) is 0 Å². The number of hydrogen-bond acceptors (Lipinski definition) is 6. The van der Waals surface area contributed by atoms with Crippen molar-refractivity contribution in [1.29, 1.82) is 0 Å². The molecule has 0 N–H and O–H groups in total. The van der Waals surface area contributed by atoms with Crippen molar-refractivity contribution in [1.82, 2.24) is 0 Å². The first-order valence-electron chi connectivity index (χ1n) is 8.31. The number of benzene rings is 1. The number of rotatable bonds is 8. The van der Waals surface area contributed by atoms with Gasteiger partial charge in [0.05, 0.1) is 9.85 Å². The van der Waals surface area contributed by atoms with E-state index in [9.17, 15) is 25.0 Å². The molecule has 8 nitrogen and oxygen atoms in total. The number of nitrogens with zero attached hydrogens (tertiary/aromatic N) is 2. The van der Waals surface area contributed by atoms with Crippen molar-refractivity contribution < 1.29 is 19.4 Å². The maximum Gasteiger partial charge on any atom is 0.336 e. The highest BCUT2D eigenvalue weighted by molar-refractivity contribution is 5.86. The SMILES string of the molecule is C/C=C\C(=O)Oc1c([N+](=O)[O-])cc(C(C)(C)CCC(C)C)cc1[N+](=O)[O-]. The molecule has 0 unspecified atom stereocenters. The topological polar surface area (TPSA) is 113 Å². The monoisotopic (exact) mass is 364 g/mol. The van der Waals surface area contributed by atoms with Crippen molar-refractivity contribution in [3.63, 3.8) is 0 Å². The molecule has 0 aliphatic carbocycles. The summed E-state index contributed by atoms with van der Waals surface area (Å²) in [6, 6.07) is 2.51. The van der Waals surface area contributed by atoms with Crippen LogP contribution in [0, 0.1) is 26.1 Å². The van der Waals surface area contributed by atoms with Gasteiger partial charge in [-0.15, -0.1) is 0 Å². The number of carbonyl (C=O) groups excluding carboxylic acids is 1. The van der Waals surface area contributed by atoms with Gasteiger partial charge >= 0.3 is 17.3 Å². The summed E-state index contributed by atoms with van der Waals surface area (Å²) in [5.41, 5.74) is -1.23. The van der Waals surface area contributed by atoms with Crippen LogP contribution in [0.4, 0.5) is 11.4 Å². The largest absolute Gasteiger partial charge is 0.409 e. The molecule has 1 rings (SSSR count). The number of hydrogen-bond donors (Lipinski definition) is 0. The highest BCUT2D eigenvalue weighted by atomic mass is 16.6. The number of nitro groups is 2. The molecule has 0 spiro atoms. The molecule has 0 saturated carbocycles. The molecule has 142 valence electrons. The lowest BCUT2D eigenvalue weighted by Gasteiger charge is -2.26. The normalized spacial score (nSPS) is 11.8. The van der Waals surface area contributed by atoms with Crippen LogP contribution >= 0.6 is 0 Å². The highest BCUT2D eigenvalue weighted by Crippen LogP contribution is 2.42. The van der Waals surface area contributed by atoms with Crippen LogP contribution in [0.2, 0.25) is 0 Å². The van der Waals surface area contributed by atoms with E-state index in [0.717, 1.165) is 12.5 Å². The summed E-state index contributed by atoms with van der Waals surface area (Å²) >= 11 is 0. The van der Waals surface area contributed by atoms with Gasteiger partial charge in [-0.3, -0.25) is 20.2 Å². The van der Waals surface area contributed by atoms with Gasteiger partial charge in [0.1, 0.15) is 0 Å². The molecule has 0 amide bonds. The van der Waals surface area contributed by atoms with Crippen LogP contribution in [0.15, 0.2) is 24.3 Å². The van der Waals surface area contributed by atoms with Gasteiger partial charge in [0.15, 0.2) is 0 Å². The maximum atomic E-state index is 11.7. The standard InChI is InChI=1S/C18H24N2O6/c1-6-7-16(21)26-17-14(19(22)23)10-13(11-15(17)20(24)25)18(4,5)9-8-12(2)3/h6-7,10-12H,8-9H2,1-5H3/b7-6-. The fourth-order valence-corrected chi connectivity index (χ4v) is 2.43. The second kappa shape index (κ2) is 8.55. The number of allylic oxidation sites excluding steroid dienone is 1. The third-order valence-electron chi connectivity index (χ3n) is 4.08. The van der Waals surface area contributed by atoms with Crippen molar-refractivity contribution >= 4 is 17.3 Å². The molecular weight excluding hydrogens is 340 g/mol. The van der Waals surface area contributed by atoms with E-state index in [1.807, 2.05) is 13.8 Å². The first-order chi connectivity index (χ1) is 12.0. The van der Waals surface area contributed by atoms with Gasteiger partial charge in [0, 0.05) is 18.2 Å². The van der Waals surface area contributed by atoms with E-state index < -0.39 is 38.4 Å². The minimum Gasteiger partial charge on any atom is -0.409 e. The van der Waals surface area contributed by atoms with Crippen LogP contribution in [0.1, 0.15) is 53.0 Å². The van der Waals surface area contributed by atoms with Crippen LogP contribution < -0.4 is 4.74 Å². The van der Waals surface area contributed by atoms with Gasteiger partial charge < -0.3 is 4.74 Å². The Balaban J connectivity index is 3.52. The fraction of sp³-hybridized carbons (Fsp3) is 0.500. The van der Waals surface area contributed by atoms with Crippen molar-refractivity contribution in [2.75, 3.05) is 0 Å². The lowest BCUT2D eigenvalue weighted by molar-refractivity contribution is -0.395. The van der Waals surface area contributed by atoms with Crippen LogP contribution in [-0.4, -0.2) is 15.8 Å². The first-order valence-corrected chi connectivity index (χ1v) is 8.31. The third kappa shape index (κ3) is 5.37. The van der Waals surface area contributed by atoms with Crippen LogP contribution in [0.5, 0.6) is 5.75 Å². The Kier molecular flexibility index (Phi) is 7.00. The minimum absolute atomic E-state index is 0.431. The fourth-order valence-electron chi connectivity index (χ4n) is 2.43. The van der Waals surface area contributed by atoms with Gasteiger partial charge in [-0.25, -0.2) is 4.79 Å². The Morgan fingerprint density at radius 1 is 1.19 bits per heavy atom. The number of carbonyl (C=O) groups is 1. The number of esters is 1. The summed E-state index contributed by atoms with van der Waals surface area (Å²) in [7, 11) is 0. The van der Waals surface area contributed by atoms with Crippen LogP contribution in [0.25, 0.3) is 0 Å². The predicted molar refractivity (Wildman–Crippen MR) is 97.3 cm³/mol. The Morgan fingerprint density at radius 3 is 2.08 bits per heavy atom. The summed E-state index contributed by atoms with van der Waals surface area (Å²) in [4.78, 5) is 33.0. The Hall–Kier alpha value is -2.77. The molecule has 0 aliphatic heterocycles. The number of nitro benzene ring substituents is 2. The zero-order valence-corrected chi connectivity index (χ0v) is 15.6. The molecule has 1 aromatic carbocycles. The Bertz CT molecular complexity index is 702. The third-order valence-corrected chi connectivity index (χ3v) is 4.08. The molecule has 0 atom stereocenters. The smallest absolute Gasteiger partial charge is 0.336 e. The Labute approximate surface area is 152 Å². The molecule has 0 bridgehead atoms. The summed E-state index contributed by atoms with van der Waals surface area (Å²) in [6.07, 6.45) is 3.99. The zero-order valence-electron chi connectivity index (χ0n) is 15.6. The lowest BCUT2D eigenvalue weighted by Crippen LogP contribution is -2.19. The van der Waals surface area contributed by atoms with E-state index in [4.69, 9.17) is 4.74 Å². The summed E-state index contributed by atoms with van der Waals surface area (Å²) in [6.45, 7) is 9.44. The van der Waals surface area contributed by atoms with Gasteiger partial charge in [0.25, 0.3) is 5.75 Å². The van der Waals surface area contributed by atoms with E-state index >= 15 is 0 Å². The van der Waals surface area contributed by atoms with E-state index in [1.165, 1.54) is 18.2 Å². The Morgan fingerprint density at radius 2 is 1.69 bits per heavy atom. The van der Waals surface area contributed by atoms with Gasteiger partial charge in [-0.05, 0) is 30.2 Å². The van der Waals surface area contributed by atoms with Gasteiger partial charge in [-0.1, -0.05) is 40.2 Å². The van der Waals surface area contributed by atoms with Crippen molar-refractivity contribution in [2.45, 2.75) is 52.9 Å². The maximum absolute atomic E-state index is 11.7. The van der Waals surface area contributed by atoms with Crippen molar-refractivity contribution in [3.05, 3.63) is 50.1 Å². The summed E-state index contributed by atoms with van der Waals surface area (Å²) in [5, 5.41) is 22.9. The molecule has 26 heavy (non-hydrogen) atoms. The van der Waals surface area contributed by atoms with Gasteiger partial charge in [0.2, 0.25) is 0 Å². The molecule has 0 aromatic heterocycles. The molecule has 8 heteroatoms. The van der Waals surface area contributed by atoms with Crippen LogP contribution in [0.3, 0.4) is 0 Å². The molecular formula is C18H24N2O6. The summed E-state index contributed by atoms with van der Waals surface area (Å²) in [5.74, 6) is -1.13. The molecule has 0 aliphatic rings. The van der Waals surface area contributed by atoms with Crippen LogP contribution in [-0.2, 0) is 10.2 Å². The predicted octanol–water partition coefficient (Wildman–Crippen LogP) is 4.70. The summed E-state index contributed by atoms with van der Waals surface area (Å²) < 4.78 is 4.90. The van der Waals surface area contributed by atoms with E-state index in [-0.39, 0.29) is 0 Å². The second-order valence-corrected chi connectivity index (χ2v) is 7.10. The van der Waals surface area contributed by atoms with E-state index in [0.29, 0.717) is 17.9 Å². The molecule has 0 saturated heterocycles. The minimum atomic E-state index is -0.912. The zero-order chi connectivity index (χ0) is 20.1. The number of ether oxygens (including phenoxy) is 1. The second-order valence-electron chi connectivity index (χ2n) is 7.10. The molecule has 0 fully saturated rings. The van der Waals surface area contributed by atoms with E-state index in [2.05, 4.69) is 13.8 Å². The van der Waals surface area contributed by atoms with E-state index in [1.54, 1.807) is 6.92 Å². The average Bonchev–Trinajstić information content (AvgIpc) is 2.52. The molecule has 0 radical (unpaired) electrons. The average molecular weight is 364 g/mol. The van der Waals surface area contributed by atoms with Crippen molar-refractivity contribution in [2.24, 2.45) is 5.92 Å². The molecule has 0 heterocycles. The highest BCUT2D eigenvalue weighted by Gasteiger charge is 2.34. The quantitative estimate of drug-likeness (QED) is 0.217. The lowest BCUT2D eigenvalue weighted by atomic mass is 9.78. The van der Waals surface area contributed by atoms with Crippen molar-refractivity contribution in [3.8, 4) is 5.75 Å². The first kappa shape index (κ1) is 21.3. The molecule has 1 aromatic rings.